The van der Waals surface area contributed by atoms with E-state index in [-0.39, 0.29) is 32.9 Å². The molecule has 0 unspecified atom stereocenters. The van der Waals surface area contributed by atoms with Crippen molar-refractivity contribution in [3.8, 4) is 23.0 Å². The van der Waals surface area contributed by atoms with Gasteiger partial charge in [-0.05, 0) is 33.8 Å². The average molecular weight is 551 g/mol. The van der Waals surface area contributed by atoms with Gasteiger partial charge >= 0.3 is 11.4 Å². The van der Waals surface area contributed by atoms with Crippen LogP contribution in [0.25, 0.3) is 22.1 Å². The van der Waals surface area contributed by atoms with Gasteiger partial charge in [0.05, 0.1) is 22.1 Å². The first kappa shape index (κ1) is 23.1. The summed E-state index contributed by atoms with van der Waals surface area (Å²) in [5.74, 6) is 1.44. The zero-order valence-electron chi connectivity index (χ0n) is 20.7. The summed E-state index contributed by atoms with van der Waals surface area (Å²) in [6, 6.07) is 3.50. The van der Waals surface area contributed by atoms with Crippen LogP contribution in [0.2, 0.25) is 10.0 Å². The topological polar surface area (TPSA) is 119 Å². The largest absolute Gasteiger partial charge is 0.451 e. The Kier molecular flexibility index (Phi) is 4.71. The molecular formula is C26H20Cl2N6O4. The van der Waals surface area contributed by atoms with E-state index in [0.29, 0.717) is 63.2 Å². The quantitative estimate of drug-likeness (QED) is 0.313. The molecule has 7 rings (SSSR count). The molecule has 0 aliphatic carbocycles. The Bertz CT molecular complexity index is 2150. The third-order valence-corrected chi connectivity index (χ3v) is 7.93. The van der Waals surface area contributed by atoms with Gasteiger partial charge in [-0.3, -0.25) is 9.13 Å². The number of aryl methyl sites for hydroxylation is 4. The maximum absolute atomic E-state index is 12.6. The number of hydrogen-bond acceptors (Lipinski definition) is 6. The first-order valence-corrected chi connectivity index (χ1v) is 12.8. The number of benzene rings is 3. The van der Waals surface area contributed by atoms with Crippen LogP contribution < -0.4 is 31.6 Å². The van der Waals surface area contributed by atoms with Crippen LogP contribution in [0.15, 0.2) is 31.7 Å². The zero-order valence-corrected chi connectivity index (χ0v) is 22.3. The van der Waals surface area contributed by atoms with E-state index in [2.05, 4.69) is 9.97 Å². The average Bonchev–Trinajstić information content (AvgIpc) is 3.41. The van der Waals surface area contributed by atoms with Crippen LogP contribution in [0.1, 0.15) is 25.0 Å². The van der Waals surface area contributed by atoms with Crippen LogP contribution in [0.5, 0.6) is 23.0 Å². The van der Waals surface area contributed by atoms with E-state index in [1.807, 2.05) is 27.7 Å². The second-order valence-corrected chi connectivity index (χ2v) is 10.0. The minimum Gasteiger partial charge on any atom is -0.451 e. The SMILES string of the molecule is CCn1c(=O)[nH]c2cc3c(cc21)Oc1c(Cl)c2c(c(Cl)c1=N3)Oc1c(c(C)c3[nH]c(=O)n(CC)c3c1C)N=2. The Balaban J connectivity index is 1.51. The molecular weight excluding hydrogens is 531 g/mol. The minimum absolute atomic E-state index is 0.193. The summed E-state index contributed by atoms with van der Waals surface area (Å²) in [5.41, 5.74) is 4.93. The molecule has 0 bridgehead atoms. The Labute approximate surface area is 223 Å². The number of ether oxygens (including phenoxy) is 2. The van der Waals surface area contributed by atoms with Crippen LogP contribution in [0, 0.1) is 13.8 Å². The number of hydrogen-bond donors (Lipinski definition) is 2. The number of rotatable bonds is 2. The molecule has 0 spiro atoms. The third-order valence-electron chi connectivity index (χ3n) is 7.23. The van der Waals surface area contributed by atoms with E-state index in [0.717, 1.165) is 16.6 Å². The van der Waals surface area contributed by atoms with Crippen LogP contribution in [0.4, 0.5) is 11.4 Å². The highest BCUT2D eigenvalue weighted by Crippen LogP contribution is 2.47. The summed E-state index contributed by atoms with van der Waals surface area (Å²) in [6.07, 6.45) is 0. The predicted molar refractivity (Wildman–Crippen MR) is 144 cm³/mol. The van der Waals surface area contributed by atoms with Crippen molar-refractivity contribution in [1.29, 1.82) is 0 Å². The van der Waals surface area contributed by atoms with Crippen molar-refractivity contribution >= 4 is 56.6 Å². The summed E-state index contributed by atoms with van der Waals surface area (Å²) in [5, 5.41) is 1.01. The molecule has 2 aromatic heterocycles. The maximum atomic E-state index is 12.6. The Morgan fingerprint density at radius 3 is 2.21 bits per heavy atom. The van der Waals surface area contributed by atoms with Crippen molar-refractivity contribution in [2.24, 2.45) is 9.98 Å². The highest BCUT2D eigenvalue weighted by atomic mass is 35.5. The molecule has 12 heteroatoms. The van der Waals surface area contributed by atoms with Crippen LogP contribution in [-0.2, 0) is 13.1 Å². The molecule has 192 valence electrons. The van der Waals surface area contributed by atoms with Gasteiger partial charge < -0.3 is 19.4 Å². The van der Waals surface area contributed by atoms with Crippen molar-refractivity contribution in [1.82, 2.24) is 19.1 Å². The lowest BCUT2D eigenvalue weighted by molar-refractivity contribution is 0.450. The number of aromatic nitrogens is 4. The second-order valence-electron chi connectivity index (χ2n) is 9.25. The molecule has 2 N–H and O–H groups in total. The summed E-state index contributed by atoms with van der Waals surface area (Å²) in [6.45, 7) is 8.56. The number of H-pyrrole nitrogens is 2. The molecule has 38 heavy (non-hydrogen) atoms. The predicted octanol–water partition coefficient (Wildman–Crippen LogP) is 5.05. The van der Waals surface area contributed by atoms with Gasteiger partial charge in [0.25, 0.3) is 0 Å². The summed E-state index contributed by atoms with van der Waals surface area (Å²) >= 11 is 13.7. The molecule has 5 aromatic rings. The van der Waals surface area contributed by atoms with Gasteiger partial charge in [-0.25, -0.2) is 19.6 Å². The third kappa shape index (κ3) is 2.84. The highest BCUT2D eigenvalue weighted by molar-refractivity contribution is 6.35. The number of imidazole rings is 2. The number of halogens is 2. The summed E-state index contributed by atoms with van der Waals surface area (Å²) in [7, 11) is 0. The highest BCUT2D eigenvalue weighted by Gasteiger charge is 2.30. The first-order chi connectivity index (χ1) is 18.2. The normalized spacial score (nSPS) is 13.2. The molecule has 0 saturated heterocycles. The number of aromatic amines is 2. The van der Waals surface area contributed by atoms with Gasteiger partial charge in [-0.1, -0.05) is 23.2 Å². The van der Waals surface area contributed by atoms with Gasteiger partial charge in [0.15, 0.2) is 23.0 Å². The molecule has 0 atom stereocenters. The molecule has 10 nitrogen and oxygen atoms in total. The van der Waals surface area contributed by atoms with Crippen LogP contribution in [-0.4, -0.2) is 19.1 Å². The van der Waals surface area contributed by atoms with Gasteiger partial charge in [-0.2, -0.15) is 0 Å². The molecule has 0 saturated carbocycles. The van der Waals surface area contributed by atoms with E-state index in [9.17, 15) is 9.59 Å². The van der Waals surface area contributed by atoms with Crippen LogP contribution >= 0.6 is 23.2 Å². The van der Waals surface area contributed by atoms with E-state index in [1.54, 1.807) is 21.3 Å². The Morgan fingerprint density at radius 1 is 0.842 bits per heavy atom. The molecule has 4 heterocycles. The lowest BCUT2D eigenvalue weighted by Crippen LogP contribution is -2.22. The molecule has 2 aliphatic rings. The van der Waals surface area contributed by atoms with E-state index >= 15 is 0 Å². The molecule has 0 radical (unpaired) electrons. The van der Waals surface area contributed by atoms with Crippen molar-refractivity contribution in [3.05, 3.63) is 65.0 Å². The van der Waals surface area contributed by atoms with Gasteiger partial charge in [0.2, 0.25) is 0 Å². The maximum Gasteiger partial charge on any atom is 0.326 e. The monoisotopic (exact) mass is 550 g/mol. The standard InChI is InChI=1S/C26H20Cl2N6O4/c1-5-33-13-8-14-12(7-11(13)30-25(33)35)29-19-15(27)24-20(16(28)23(19)37-14)31-18-9(3)17-21(10(4)22(18)38-24)34(6-2)26(36)32-17/h7-8H,5-6H2,1-4H3,(H,30,35)(H,32,36). The summed E-state index contributed by atoms with van der Waals surface area (Å²) in [4.78, 5) is 40.2. The van der Waals surface area contributed by atoms with Crippen molar-refractivity contribution < 1.29 is 9.47 Å². The van der Waals surface area contributed by atoms with Crippen molar-refractivity contribution in [3.63, 3.8) is 0 Å². The van der Waals surface area contributed by atoms with Gasteiger partial charge in [-0.15, -0.1) is 0 Å². The Morgan fingerprint density at radius 2 is 1.50 bits per heavy atom. The second kappa shape index (κ2) is 7.75. The molecule has 3 aromatic carbocycles. The minimum atomic E-state index is -0.214. The fourth-order valence-corrected chi connectivity index (χ4v) is 5.89. The number of nitrogens with one attached hydrogen (secondary N) is 2. The van der Waals surface area contributed by atoms with Crippen molar-refractivity contribution in [2.45, 2.75) is 40.8 Å². The number of fused-ring (bicyclic) bond motifs is 6. The van der Waals surface area contributed by atoms with Gasteiger partial charge in [0.1, 0.15) is 32.1 Å². The van der Waals surface area contributed by atoms with E-state index < -0.39 is 0 Å². The fourth-order valence-electron chi connectivity index (χ4n) is 5.38. The van der Waals surface area contributed by atoms with Crippen molar-refractivity contribution in [2.75, 3.05) is 0 Å². The lowest BCUT2D eigenvalue weighted by atomic mass is 10.0. The fraction of sp³-hybridized carbons (Fsp3) is 0.231. The number of nitrogens with zero attached hydrogens (tertiary/aromatic N) is 4. The Hall–Kier alpha value is -4.02. The molecule has 0 fully saturated rings. The van der Waals surface area contributed by atoms with E-state index in [4.69, 9.17) is 42.7 Å². The van der Waals surface area contributed by atoms with Crippen LogP contribution in [0.3, 0.4) is 0 Å². The summed E-state index contributed by atoms with van der Waals surface area (Å²) < 4.78 is 15.9. The lowest BCUT2D eigenvalue weighted by Gasteiger charge is -2.23. The zero-order chi connectivity index (χ0) is 26.6. The van der Waals surface area contributed by atoms with E-state index in [1.165, 1.54) is 0 Å². The first-order valence-electron chi connectivity index (χ1n) is 12.1. The smallest absolute Gasteiger partial charge is 0.326 e. The molecule has 0 amide bonds. The molecule has 2 aliphatic heterocycles. The van der Waals surface area contributed by atoms with Gasteiger partial charge in [0, 0.05) is 30.3 Å².